The highest BCUT2D eigenvalue weighted by Crippen LogP contribution is 2.41. The van der Waals surface area contributed by atoms with Gasteiger partial charge in [0.05, 0.1) is 6.61 Å². The van der Waals surface area contributed by atoms with Crippen LogP contribution in [0.25, 0.3) is 0 Å². The molecule has 0 spiro atoms. The molecule has 0 aromatic heterocycles. The van der Waals surface area contributed by atoms with E-state index in [1.807, 2.05) is 14.0 Å². The molecule has 0 bridgehead atoms. The summed E-state index contributed by atoms with van der Waals surface area (Å²) in [5.41, 5.74) is -0.458. The molecular formula is C15H30N2O2. The maximum absolute atomic E-state index is 12.4. The first-order valence-corrected chi connectivity index (χ1v) is 7.41. The summed E-state index contributed by atoms with van der Waals surface area (Å²) >= 11 is 0. The highest BCUT2D eigenvalue weighted by Gasteiger charge is 2.52. The Bertz CT molecular complexity index is 313. The minimum atomic E-state index is -0.544. The standard InChI is InChI=1S/C15H30N2O2/c1-7-14(3,4)17(6)11-15(16-5,12-9-10-12)13(18)19-8-2/h12,16H,7-11H2,1-6H3. The van der Waals surface area contributed by atoms with Crippen molar-refractivity contribution < 1.29 is 9.53 Å². The zero-order chi connectivity index (χ0) is 14.7. The number of nitrogens with zero attached hydrogens (tertiary/aromatic N) is 1. The fourth-order valence-corrected chi connectivity index (χ4v) is 2.44. The van der Waals surface area contributed by atoms with Gasteiger partial charge in [0.2, 0.25) is 0 Å². The molecule has 0 radical (unpaired) electrons. The van der Waals surface area contributed by atoms with Crippen LogP contribution in [0.5, 0.6) is 0 Å². The van der Waals surface area contributed by atoms with Gasteiger partial charge in [-0.25, -0.2) is 4.79 Å². The van der Waals surface area contributed by atoms with Crippen molar-refractivity contribution in [1.82, 2.24) is 10.2 Å². The van der Waals surface area contributed by atoms with Crippen molar-refractivity contribution >= 4 is 5.97 Å². The lowest BCUT2D eigenvalue weighted by atomic mass is 9.89. The first-order valence-electron chi connectivity index (χ1n) is 7.41. The van der Waals surface area contributed by atoms with Crippen LogP contribution in [0.1, 0.15) is 47.0 Å². The average molecular weight is 270 g/mol. The highest BCUT2D eigenvalue weighted by atomic mass is 16.5. The van der Waals surface area contributed by atoms with E-state index in [0.717, 1.165) is 19.3 Å². The molecule has 0 amide bonds. The number of nitrogens with one attached hydrogen (secondary N) is 1. The third kappa shape index (κ3) is 3.48. The third-order valence-corrected chi connectivity index (χ3v) is 4.75. The van der Waals surface area contributed by atoms with E-state index in [9.17, 15) is 4.79 Å². The summed E-state index contributed by atoms with van der Waals surface area (Å²) in [7, 11) is 3.97. The van der Waals surface area contributed by atoms with Gasteiger partial charge in [-0.2, -0.15) is 0 Å². The van der Waals surface area contributed by atoms with Crippen molar-refractivity contribution in [1.29, 1.82) is 0 Å². The van der Waals surface area contributed by atoms with Gasteiger partial charge >= 0.3 is 5.97 Å². The smallest absolute Gasteiger partial charge is 0.327 e. The molecule has 4 nitrogen and oxygen atoms in total. The van der Waals surface area contributed by atoms with E-state index in [0.29, 0.717) is 19.1 Å². The van der Waals surface area contributed by atoms with Gasteiger partial charge in [0.1, 0.15) is 5.54 Å². The van der Waals surface area contributed by atoms with Crippen molar-refractivity contribution in [2.75, 3.05) is 27.2 Å². The Balaban J connectivity index is 2.89. The number of likely N-dealkylation sites (N-methyl/N-ethyl adjacent to an activating group) is 2. The Labute approximate surface area is 117 Å². The summed E-state index contributed by atoms with van der Waals surface area (Å²) in [6, 6.07) is 0. The van der Waals surface area contributed by atoms with Crippen LogP contribution in [0.4, 0.5) is 0 Å². The molecule has 19 heavy (non-hydrogen) atoms. The van der Waals surface area contributed by atoms with Gasteiger partial charge in [0.15, 0.2) is 0 Å². The number of rotatable bonds is 8. The Morgan fingerprint density at radius 1 is 1.37 bits per heavy atom. The van der Waals surface area contributed by atoms with Gasteiger partial charge < -0.3 is 10.1 Å². The van der Waals surface area contributed by atoms with Crippen molar-refractivity contribution in [2.45, 2.75) is 58.0 Å². The molecule has 1 fully saturated rings. The summed E-state index contributed by atoms with van der Waals surface area (Å²) in [6.45, 7) is 9.62. The van der Waals surface area contributed by atoms with Crippen molar-refractivity contribution in [3.05, 3.63) is 0 Å². The molecule has 112 valence electrons. The van der Waals surface area contributed by atoms with E-state index in [1.165, 1.54) is 0 Å². The molecule has 1 unspecified atom stereocenters. The highest BCUT2D eigenvalue weighted by molar-refractivity contribution is 5.82. The molecule has 1 aliphatic carbocycles. The monoisotopic (exact) mass is 270 g/mol. The summed E-state index contributed by atoms with van der Waals surface area (Å²) in [4.78, 5) is 14.7. The van der Waals surface area contributed by atoms with Gasteiger partial charge in [-0.3, -0.25) is 4.90 Å². The Morgan fingerprint density at radius 2 is 1.95 bits per heavy atom. The summed E-state index contributed by atoms with van der Waals surface area (Å²) in [5.74, 6) is 0.311. The molecule has 1 saturated carbocycles. The lowest BCUT2D eigenvalue weighted by Crippen LogP contribution is -2.62. The molecule has 0 saturated heterocycles. The molecule has 1 N–H and O–H groups in total. The Hall–Kier alpha value is -0.610. The van der Waals surface area contributed by atoms with Gasteiger partial charge in [0, 0.05) is 12.1 Å². The molecule has 0 aromatic carbocycles. The summed E-state index contributed by atoms with van der Waals surface area (Å²) < 4.78 is 5.32. The molecule has 0 heterocycles. The topological polar surface area (TPSA) is 41.6 Å². The minimum absolute atomic E-state index is 0.0868. The number of carbonyl (C=O) groups is 1. The second-order valence-electron chi connectivity index (χ2n) is 6.24. The number of hydrogen-bond donors (Lipinski definition) is 1. The fraction of sp³-hybridized carbons (Fsp3) is 0.933. The van der Waals surface area contributed by atoms with E-state index in [1.54, 1.807) is 0 Å². The predicted molar refractivity (Wildman–Crippen MR) is 78.1 cm³/mol. The van der Waals surface area contributed by atoms with Gasteiger partial charge in [0.25, 0.3) is 0 Å². The van der Waals surface area contributed by atoms with Crippen LogP contribution in [0.3, 0.4) is 0 Å². The van der Waals surface area contributed by atoms with Crippen LogP contribution < -0.4 is 5.32 Å². The fourth-order valence-electron chi connectivity index (χ4n) is 2.44. The van der Waals surface area contributed by atoms with E-state index in [2.05, 4.69) is 38.0 Å². The second kappa shape index (κ2) is 6.23. The summed E-state index contributed by atoms with van der Waals surface area (Å²) in [6.07, 6.45) is 3.27. The van der Waals surface area contributed by atoms with Crippen molar-refractivity contribution in [3.63, 3.8) is 0 Å². The van der Waals surface area contributed by atoms with Crippen LogP contribution in [-0.4, -0.2) is 49.2 Å². The summed E-state index contributed by atoms with van der Waals surface area (Å²) in [5, 5.41) is 3.27. The van der Waals surface area contributed by atoms with E-state index in [-0.39, 0.29) is 11.5 Å². The largest absolute Gasteiger partial charge is 0.465 e. The average Bonchev–Trinajstić information content (AvgIpc) is 3.20. The zero-order valence-electron chi connectivity index (χ0n) is 13.4. The first kappa shape index (κ1) is 16.4. The first-order chi connectivity index (χ1) is 8.84. The van der Waals surface area contributed by atoms with Crippen LogP contribution in [0.15, 0.2) is 0 Å². The molecule has 0 aliphatic heterocycles. The Kier molecular flexibility index (Phi) is 5.39. The number of carbonyl (C=O) groups excluding carboxylic acids is 1. The van der Waals surface area contributed by atoms with Gasteiger partial charge in [-0.15, -0.1) is 0 Å². The lowest BCUT2D eigenvalue weighted by molar-refractivity contribution is -0.153. The van der Waals surface area contributed by atoms with Crippen molar-refractivity contribution in [3.8, 4) is 0 Å². The number of ether oxygens (including phenoxy) is 1. The maximum Gasteiger partial charge on any atom is 0.327 e. The van der Waals surface area contributed by atoms with Crippen molar-refractivity contribution in [2.24, 2.45) is 5.92 Å². The van der Waals surface area contributed by atoms with E-state index < -0.39 is 5.54 Å². The second-order valence-corrected chi connectivity index (χ2v) is 6.24. The van der Waals surface area contributed by atoms with Crippen LogP contribution in [0, 0.1) is 5.92 Å². The maximum atomic E-state index is 12.4. The SMILES string of the molecule is CCOC(=O)C(CN(C)C(C)(C)CC)(NC)C1CC1. The Morgan fingerprint density at radius 3 is 2.32 bits per heavy atom. The van der Waals surface area contributed by atoms with Gasteiger partial charge in [-0.1, -0.05) is 6.92 Å². The third-order valence-electron chi connectivity index (χ3n) is 4.75. The normalized spacial score (nSPS) is 19.3. The minimum Gasteiger partial charge on any atom is -0.465 e. The van der Waals surface area contributed by atoms with Crippen LogP contribution >= 0.6 is 0 Å². The van der Waals surface area contributed by atoms with Crippen LogP contribution in [0.2, 0.25) is 0 Å². The quantitative estimate of drug-likeness (QED) is 0.685. The zero-order valence-corrected chi connectivity index (χ0v) is 13.4. The molecule has 0 aromatic rings. The molecule has 1 aliphatic rings. The molecule has 1 atom stereocenters. The molecular weight excluding hydrogens is 240 g/mol. The number of hydrogen-bond acceptors (Lipinski definition) is 4. The van der Waals surface area contributed by atoms with Crippen LogP contribution in [-0.2, 0) is 9.53 Å². The number of esters is 1. The predicted octanol–water partition coefficient (Wildman–Crippen LogP) is 2.04. The van der Waals surface area contributed by atoms with E-state index >= 15 is 0 Å². The molecule has 4 heteroatoms. The van der Waals surface area contributed by atoms with Gasteiger partial charge in [-0.05, 0) is 60.0 Å². The lowest BCUT2D eigenvalue weighted by Gasteiger charge is -2.42. The molecule has 1 rings (SSSR count). The van der Waals surface area contributed by atoms with E-state index in [4.69, 9.17) is 4.74 Å².